The van der Waals surface area contributed by atoms with E-state index in [1.807, 2.05) is 13.3 Å². The van der Waals surface area contributed by atoms with Gasteiger partial charge in [0.1, 0.15) is 0 Å². The molecular formula is C31H34N2. The summed E-state index contributed by atoms with van der Waals surface area (Å²) in [6, 6.07) is 20.7. The highest BCUT2D eigenvalue weighted by Gasteiger charge is 2.38. The van der Waals surface area contributed by atoms with Crippen LogP contribution in [0.3, 0.4) is 0 Å². The summed E-state index contributed by atoms with van der Waals surface area (Å²) in [4.78, 5) is 4.36. The molecule has 2 nitrogen and oxygen atoms in total. The summed E-state index contributed by atoms with van der Waals surface area (Å²) in [7, 11) is 1.85. The van der Waals surface area contributed by atoms with Gasteiger partial charge in [0.05, 0.1) is 6.04 Å². The van der Waals surface area contributed by atoms with Gasteiger partial charge < -0.3 is 4.57 Å². The summed E-state index contributed by atoms with van der Waals surface area (Å²) < 4.78 is 2.56. The first kappa shape index (κ1) is 21.7. The number of aliphatic imine (C=N–C) groups is 1. The minimum absolute atomic E-state index is 0.365. The maximum atomic E-state index is 4.36. The van der Waals surface area contributed by atoms with Crippen molar-refractivity contribution in [3.63, 3.8) is 0 Å². The maximum absolute atomic E-state index is 4.36. The molecule has 2 aromatic carbocycles. The average molecular weight is 435 g/mol. The van der Waals surface area contributed by atoms with Gasteiger partial charge in [0.25, 0.3) is 0 Å². The van der Waals surface area contributed by atoms with Crippen molar-refractivity contribution < 1.29 is 0 Å². The summed E-state index contributed by atoms with van der Waals surface area (Å²) in [5.41, 5.74) is 9.35. The first-order chi connectivity index (χ1) is 16.0. The Morgan fingerprint density at radius 2 is 1.82 bits per heavy atom. The molecule has 4 atom stereocenters. The number of aromatic nitrogens is 1. The highest BCUT2D eigenvalue weighted by atomic mass is 15.0. The minimum atomic E-state index is 0.365. The van der Waals surface area contributed by atoms with Crippen molar-refractivity contribution in [1.82, 2.24) is 4.57 Å². The summed E-state index contributed by atoms with van der Waals surface area (Å²) >= 11 is 0. The first-order valence-electron chi connectivity index (χ1n) is 12.2. The summed E-state index contributed by atoms with van der Waals surface area (Å²) in [5.74, 6) is 1.80. The van der Waals surface area contributed by atoms with Crippen LogP contribution in [0, 0.1) is 25.7 Å². The molecular weight excluding hydrogens is 400 g/mol. The molecule has 2 heterocycles. The third kappa shape index (κ3) is 4.15. The average Bonchev–Trinajstić information content (AvgIpc) is 3.28. The zero-order chi connectivity index (χ0) is 22.9. The van der Waals surface area contributed by atoms with Gasteiger partial charge in [-0.3, -0.25) is 4.99 Å². The number of aryl methyl sites for hydroxylation is 2. The molecule has 1 aliphatic heterocycles. The van der Waals surface area contributed by atoms with Crippen LogP contribution in [0.2, 0.25) is 0 Å². The van der Waals surface area contributed by atoms with E-state index in [0.717, 1.165) is 6.42 Å². The van der Waals surface area contributed by atoms with E-state index in [1.165, 1.54) is 45.5 Å². The first-order valence-corrected chi connectivity index (χ1v) is 12.2. The molecule has 0 N–H and O–H groups in total. The Balaban J connectivity index is 1.53. The number of nitrogens with zero attached hydrogens (tertiary/aromatic N) is 2. The van der Waals surface area contributed by atoms with Crippen LogP contribution in [0.25, 0.3) is 5.57 Å². The van der Waals surface area contributed by atoms with E-state index < -0.39 is 0 Å². The molecule has 168 valence electrons. The van der Waals surface area contributed by atoms with Gasteiger partial charge in [-0.15, -0.1) is 0 Å². The maximum Gasteiger partial charge on any atom is 0.0648 e. The highest BCUT2D eigenvalue weighted by Crippen LogP contribution is 2.48. The lowest BCUT2D eigenvalue weighted by Gasteiger charge is -2.42. The van der Waals surface area contributed by atoms with Gasteiger partial charge in [-0.2, -0.15) is 0 Å². The number of allylic oxidation sites excluding steroid dienone is 4. The predicted molar refractivity (Wildman–Crippen MR) is 140 cm³/mol. The van der Waals surface area contributed by atoms with Crippen LogP contribution in [0.5, 0.6) is 0 Å². The van der Waals surface area contributed by atoms with Gasteiger partial charge in [-0.25, -0.2) is 0 Å². The Morgan fingerprint density at radius 1 is 1.03 bits per heavy atom. The summed E-state index contributed by atoms with van der Waals surface area (Å²) in [5, 5.41) is 0. The number of hydrogen-bond donors (Lipinski definition) is 0. The molecule has 33 heavy (non-hydrogen) atoms. The Hall–Kier alpha value is -3.13. The number of benzene rings is 2. The van der Waals surface area contributed by atoms with Crippen molar-refractivity contribution >= 4 is 11.8 Å². The fourth-order valence-corrected chi connectivity index (χ4v) is 5.98. The molecule has 0 spiro atoms. The van der Waals surface area contributed by atoms with Crippen LogP contribution < -0.4 is 0 Å². The van der Waals surface area contributed by atoms with Crippen LogP contribution in [-0.2, 0) is 6.42 Å². The van der Waals surface area contributed by atoms with Crippen LogP contribution in [0.15, 0.2) is 84.0 Å². The SMILES string of the molecule is CN=C/C(=C\Cc1ccccc1[C@H]1C2C=CC(C)C(C2)c2cccn21)c1cc(C)cc(C)c1. The highest BCUT2D eigenvalue weighted by molar-refractivity contribution is 6.09. The standard InChI is InChI=1S/C31H34N2/c1-21-16-22(2)18-27(17-21)26(20-32-4)14-13-24-8-5-6-9-28(24)31-25-12-11-23(3)29(19-25)30-10-7-15-33(30)31/h5-12,14-18,20,23,25,29,31H,13,19H2,1-4H3/b26-14+,32-20?/t23?,25?,29?,31-/m1/s1. The van der Waals surface area contributed by atoms with Gasteiger partial charge >= 0.3 is 0 Å². The van der Waals surface area contributed by atoms with Crippen LogP contribution >= 0.6 is 0 Å². The minimum Gasteiger partial charge on any atom is -0.343 e. The van der Waals surface area contributed by atoms with Crippen LogP contribution in [0.1, 0.15) is 58.8 Å². The van der Waals surface area contributed by atoms with Crippen molar-refractivity contribution in [2.24, 2.45) is 16.8 Å². The molecule has 3 unspecified atom stereocenters. The second kappa shape index (κ2) is 9.02. The molecule has 2 aliphatic rings. The van der Waals surface area contributed by atoms with E-state index in [-0.39, 0.29) is 0 Å². The monoisotopic (exact) mass is 434 g/mol. The van der Waals surface area contributed by atoms with E-state index in [0.29, 0.717) is 23.8 Å². The molecule has 0 radical (unpaired) electrons. The third-order valence-corrected chi connectivity index (χ3v) is 7.46. The molecule has 5 rings (SSSR count). The predicted octanol–water partition coefficient (Wildman–Crippen LogP) is 7.33. The Kier molecular flexibility index (Phi) is 5.93. The topological polar surface area (TPSA) is 17.3 Å². The second-order valence-electron chi connectivity index (χ2n) is 9.86. The third-order valence-electron chi connectivity index (χ3n) is 7.46. The smallest absolute Gasteiger partial charge is 0.0648 e. The van der Waals surface area contributed by atoms with Crippen molar-refractivity contribution in [1.29, 1.82) is 0 Å². The largest absolute Gasteiger partial charge is 0.343 e. The van der Waals surface area contributed by atoms with Crippen LogP contribution in [0.4, 0.5) is 0 Å². The summed E-state index contributed by atoms with van der Waals surface area (Å²) in [6.45, 7) is 6.68. The lowest BCUT2D eigenvalue weighted by Crippen LogP contribution is -2.33. The lowest BCUT2D eigenvalue weighted by molar-refractivity contribution is 0.281. The number of hydrogen-bond acceptors (Lipinski definition) is 1. The van der Waals surface area contributed by atoms with Crippen molar-refractivity contribution in [2.45, 2.75) is 45.6 Å². The normalized spacial score (nSPS) is 24.3. The lowest BCUT2D eigenvalue weighted by atomic mass is 9.71. The zero-order valence-electron chi connectivity index (χ0n) is 20.2. The molecule has 1 aromatic heterocycles. The van der Waals surface area contributed by atoms with Gasteiger partial charge in [-0.1, -0.05) is 78.7 Å². The summed E-state index contributed by atoms with van der Waals surface area (Å²) in [6.07, 6.45) is 13.7. The van der Waals surface area contributed by atoms with Crippen LogP contribution in [-0.4, -0.2) is 17.8 Å². The molecule has 2 heteroatoms. The molecule has 0 saturated heterocycles. The molecule has 0 amide bonds. The molecule has 3 aromatic rings. The van der Waals surface area contributed by atoms with Crippen molar-refractivity contribution in [2.75, 3.05) is 7.05 Å². The Bertz CT molecular complexity index is 1220. The van der Waals surface area contributed by atoms with Gasteiger partial charge in [-0.05, 0) is 67.0 Å². The van der Waals surface area contributed by atoms with E-state index in [9.17, 15) is 0 Å². The molecule has 0 saturated carbocycles. The number of fused-ring (bicyclic) bond motifs is 4. The zero-order valence-corrected chi connectivity index (χ0v) is 20.2. The second-order valence-corrected chi connectivity index (χ2v) is 9.86. The van der Waals surface area contributed by atoms with Crippen molar-refractivity contribution in [3.8, 4) is 0 Å². The van der Waals surface area contributed by atoms with E-state index in [4.69, 9.17) is 0 Å². The quantitative estimate of drug-likeness (QED) is 0.295. The Labute approximate surface area is 198 Å². The van der Waals surface area contributed by atoms with Gasteiger partial charge in [0.15, 0.2) is 0 Å². The van der Waals surface area contributed by atoms with E-state index in [2.05, 4.69) is 109 Å². The van der Waals surface area contributed by atoms with Crippen molar-refractivity contribution in [3.05, 3.63) is 113 Å². The van der Waals surface area contributed by atoms with Gasteiger partial charge in [0, 0.05) is 37.0 Å². The molecule has 0 fully saturated rings. The van der Waals surface area contributed by atoms with E-state index in [1.54, 1.807) is 0 Å². The fraction of sp³-hybridized carbons (Fsp3) is 0.323. The molecule has 1 aliphatic carbocycles. The van der Waals surface area contributed by atoms with E-state index >= 15 is 0 Å². The number of rotatable bonds is 5. The fourth-order valence-electron chi connectivity index (χ4n) is 5.98. The van der Waals surface area contributed by atoms with Gasteiger partial charge in [0.2, 0.25) is 0 Å². The molecule has 2 bridgehead atoms. The Morgan fingerprint density at radius 3 is 2.61 bits per heavy atom.